The van der Waals surface area contributed by atoms with E-state index in [1.165, 1.54) is 19.2 Å². The number of ether oxygens (including phenoxy) is 2. The fourth-order valence-corrected chi connectivity index (χ4v) is 6.03. The van der Waals surface area contributed by atoms with Crippen LogP contribution in [0.5, 0.6) is 11.5 Å². The van der Waals surface area contributed by atoms with Gasteiger partial charge in [0.2, 0.25) is 5.91 Å². The van der Waals surface area contributed by atoms with Crippen molar-refractivity contribution in [3.8, 4) is 11.5 Å². The molecule has 194 valence electrons. The first kappa shape index (κ1) is 25.7. The van der Waals surface area contributed by atoms with Crippen LogP contribution >= 0.6 is 0 Å². The highest BCUT2D eigenvalue weighted by molar-refractivity contribution is 5.98. The Balaban J connectivity index is 1.50. The number of nitrogens with one attached hydrogen (secondary N) is 2. The van der Waals surface area contributed by atoms with Gasteiger partial charge in [-0.25, -0.2) is 4.39 Å². The summed E-state index contributed by atoms with van der Waals surface area (Å²) in [5.41, 5.74) is -0.813. The maximum absolute atomic E-state index is 14.8. The van der Waals surface area contributed by atoms with Crippen molar-refractivity contribution >= 4 is 11.8 Å². The minimum absolute atomic E-state index is 0.0583. The smallest absolute Gasteiger partial charge is 0.255 e. The molecule has 8 heteroatoms. The molecule has 4 rings (SSSR count). The fraction of sp³-hybridized carbons (Fsp3) is 0.704. The number of rotatable bonds is 8. The SMILES string of the molecule is COc1cc(F)c(O[C@H]2CC[C@H](C)CC2)cc1C(=O)N[C@@H]1[C@H]2CC[C@H](C2)[C@@H]1C(=O)NCC(C)(C)O. The quantitative estimate of drug-likeness (QED) is 0.515. The fourth-order valence-electron chi connectivity index (χ4n) is 6.03. The van der Waals surface area contributed by atoms with Gasteiger partial charge in [0.05, 0.1) is 30.3 Å². The van der Waals surface area contributed by atoms with Crippen LogP contribution in [0.2, 0.25) is 0 Å². The first-order valence-electron chi connectivity index (χ1n) is 12.9. The molecule has 2 bridgehead atoms. The molecule has 0 aliphatic heterocycles. The summed E-state index contributed by atoms with van der Waals surface area (Å²) in [6.07, 6.45) is 6.53. The molecule has 0 radical (unpaired) electrons. The molecule has 3 fully saturated rings. The van der Waals surface area contributed by atoms with Gasteiger partial charge >= 0.3 is 0 Å². The van der Waals surface area contributed by atoms with Gasteiger partial charge in [0.15, 0.2) is 11.6 Å². The first-order chi connectivity index (χ1) is 16.6. The molecule has 0 aromatic heterocycles. The van der Waals surface area contributed by atoms with Gasteiger partial charge in [0.1, 0.15) is 5.75 Å². The van der Waals surface area contributed by atoms with Crippen molar-refractivity contribution in [1.82, 2.24) is 10.6 Å². The molecule has 3 aliphatic rings. The van der Waals surface area contributed by atoms with E-state index in [1.807, 2.05) is 0 Å². The van der Waals surface area contributed by atoms with Crippen molar-refractivity contribution < 1.29 is 28.6 Å². The lowest BCUT2D eigenvalue weighted by Gasteiger charge is -2.32. The number of hydrogen-bond donors (Lipinski definition) is 3. The van der Waals surface area contributed by atoms with E-state index in [2.05, 4.69) is 17.6 Å². The van der Waals surface area contributed by atoms with Crippen molar-refractivity contribution in [2.75, 3.05) is 13.7 Å². The summed E-state index contributed by atoms with van der Waals surface area (Å²) in [7, 11) is 1.40. The molecular weight excluding hydrogens is 451 g/mol. The molecule has 7 nitrogen and oxygen atoms in total. The third-order valence-electron chi connectivity index (χ3n) is 7.97. The lowest BCUT2D eigenvalue weighted by atomic mass is 9.83. The van der Waals surface area contributed by atoms with Gasteiger partial charge in [-0.1, -0.05) is 6.92 Å². The summed E-state index contributed by atoms with van der Waals surface area (Å²) in [4.78, 5) is 26.4. The molecule has 3 N–H and O–H groups in total. The molecule has 2 amide bonds. The number of carbonyl (C=O) groups is 2. The van der Waals surface area contributed by atoms with Gasteiger partial charge in [-0.2, -0.15) is 0 Å². The maximum atomic E-state index is 14.8. The van der Waals surface area contributed by atoms with E-state index in [1.54, 1.807) is 13.8 Å². The predicted molar refractivity (Wildman–Crippen MR) is 130 cm³/mol. The Morgan fingerprint density at radius 2 is 1.77 bits per heavy atom. The van der Waals surface area contributed by atoms with Crippen LogP contribution in [-0.2, 0) is 4.79 Å². The topological polar surface area (TPSA) is 96.9 Å². The number of methoxy groups -OCH3 is 1. The average molecular weight is 491 g/mol. The van der Waals surface area contributed by atoms with E-state index in [9.17, 15) is 19.1 Å². The van der Waals surface area contributed by atoms with Crippen LogP contribution in [0.25, 0.3) is 0 Å². The minimum Gasteiger partial charge on any atom is -0.496 e. The first-order valence-corrected chi connectivity index (χ1v) is 12.9. The summed E-state index contributed by atoms with van der Waals surface area (Å²) in [6.45, 7) is 5.64. The Hall–Kier alpha value is -2.35. The largest absolute Gasteiger partial charge is 0.496 e. The normalized spacial score (nSPS) is 30.1. The summed E-state index contributed by atoms with van der Waals surface area (Å²) in [5.74, 6) is -0.200. The van der Waals surface area contributed by atoms with Gasteiger partial charge in [-0.3, -0.25) is 9.59 Å². The second-order valence-corrected chi connectivity index (χ2v) is 11.4. The third-order valence-corrected chi connectivity index (χ3v) is 7.97. The van der Waals surface area contributed by atoms with Crippen molar-refractivity contribution in [3.63, 3.8) is 0 Å². The van der Waals surface area contributed by atoms with Gasteiger partial charge in [-0.05, 0) is 82.6 Å². The number of fused-ring (bicyclic) bond motifs is 2. The molecular formula is C27H39FN2O5. The van der Waals surface area contributed by atoms with Crippen molar-refractivity contribution in [2.24, 2.45) is 23.7 Å². The highest BCUT2D eigenvalue weighted by Gasteiger charge is 2.51. The third kappa shape index (κ3) is 5.90. The molecule has 4 atom stereocenters. The second-order valence-electron chi connectivity index (χ2n) is 11.4. The minimum atomic E-state index is -1.01. The zero-order chi connectivity index (χ0) is 25.3. The summed E-state index contributed by atoms with van der Waals surface area (Å²) < 4.78 is 26.1. The van der Waals surface area contributed by atoms with Crippen LogP contribution < -0.4 is 20.1 Å². The number of aliphatic hydroxyl groups is 1. The van der Waals surface area contributed by atoms with Gasteiger partial charge in [0, 0.05) is 18.7 Å². The summed E-state index contributed by atoms with van der Waals surface area (Å²) >= 11 is 0. The Bertz CT molecular complexity index is 938. The number of benzene rings is 1. The molecule has 0 saturated heterocycles. The molecule has 35 heavy (non-hydrogen) atoms. The van der Waals surface area contributed by atoms with E-state index >= 15 is 0 Å². The van der Waals surface area contributed by atoms with Crippen LogP contribution in [0.3, 0.4) is 0 Å². The monoisotopic (exact) mass is 490 g/mol. The maximum Gasteiger partial charge on any atom is 0.255 e. The van der Waals surface area contributed by atoms with Crippen molar-refractivity contribution in [3.05, 3.63) is 23.5 Å². The summed E-state index contributed by atoms with van der Waals surface area (Å²) in [5, 5.41) is 15.9. The Labute approximate surface area is 207 Å². The molecule has 0 heterocycles. The Morgan fingerprint density at radius 3 is 2.43 bits per heavy atom. The Morgan fingerprint density at radius 1 is 1.09 bits per heavy atom. The number of halogens is 1. The van der Waals surface area contributed by atoms with Gasteiger partial charge < -0.3 is 25.2 Å². The van der Waals surface area contributed by atoms with E-state index in [-0.39, 0.29) is 59.4 Å². The molecule has 3 saturated carbocycles. The highest BCUT2D eigenvalue weighted by Crippen LogP contribution is 2.49. The number of carbonyl (C=O) groups excluding carboxylic acids is 2. The van der Waals surface area contributed by atoms with Crippen LogP contribution in [-0.4, -0.2) is 48.3 Å². The molecule has 0 unspecified atom stereocenters. The molecule has 0 spiro atoms. The van der Waals surface area contributed by atoms with Gasteiger partial charge in [0.25, 0.3) is 5.91 Å². The zero-order valence-corrected chi connectivity index (χ0v) is 21.2. The molecule has 1 aromatic rings. The van der Waals surface area contributed by atoms with Crippen molar-refractivity contribution in [1.29, 1.82) is 0 Å². The van der Waals surface area contributed by atoms with Gasteiger partial charge in [-0.15, -0.1) is 0 Å². The van der Waals surface area contributed by atoms with E-state index in [0.29, 0.717) is 5.92 Å². The van der Waals surface area contributed by atoms with Crippen LogP contribution in [0.1, 0.15) is 76.1 Å². The predicted octanol–water partition coefficient (Wildman–Crippen LogP) is 3.82. The van der Waals surface area contributed by atoms with E-state index in [0.717, 1.165) is 44.9 Å². The standard InChI is InChI=1S/C27H39FN2O5/c1-15-5-9-18(10-6-15)35-22-12-19(21(34-4)13-20(22)28)25(31)30-24-17-8-7-16(11-17)23(24)26(32)29-14-27(2,3)33/h12-13,15-18,23-24,33H,5-11,14H2,1-4H3,(H,29,32)(H,30,31)/t15-,16-,17+,18-,23+,24-/m1/s1. The van der Waals surface area contributed by atoms with Crippen molar-refractivity contribution in [2.45, 2.75) is 83.5 Å². The number of hydrogen-bond acceptors (Lipinski definition) is 5. The lowest BCUT2D eigenvalue weighted by Crippen LogP contribution is -2.51. The van der Waals surface area contributed by atoms with E-state index < -0.39 is 17.3 Å². The van der Waals surface area contributed by atoms with Crippen LogP contribution in [0.15, 0.2) is 12.1 Å². The zero-order valence-electron chi connectivity index (χ0n) is 21.2. The highest BCUT2D eigenvalue weighted by atomic mass is 19.1. The second kappa shape index (κ2) is 10.3. The van der Waals surface area contributed by atoms with E-state index in [4.69, 9.17) is 9.47 Å². The molecule has 3 aliphatic carbocycles. The number of amides is 2. The molecule has 1 aromatic carbocycles. The summed E-state index contributed by atoms with van der Waals surface area (Å²) in [6, 6.07) is 2.31. The average Bonchev–Trinajstić information content (AvgIpc) is 3.41. The Kier molecular flexibility index (Phi) is 7.60. The van der Waals surface area contributed by atoms with Crippen LogP contribution in [0, 0.1) is 29.5 Å². The lowest BCUT2D eigenvalue weighted by molar-refractivity contribution is -0.128. The van der Waals surface area contributed by atoms with Crippen LogP contribution in [0.4, 0.5) is 4.39 Å².